The standard InChI is InChI=1S/C27H31N3O4S/c1-32-19-11-9-18(10-12-19)16-35-27-28-21-15-24(34-3)23(33-2)14-20(21)25-29-26(31)22(30(25)27)13-17-7-5-4-6-8-17/h9-12,14-15,17,22H,4-8,13,16H2,1-3H3/t22-/m1/s1. The Balaban J connectivity index is 1.49. The topological polar surface area (TPSA) is 72.7 Å². The van der Waals surface area contributed by atoms with E-state index in [9.17, 15) is 4.79 Å². The summed E-state index contributed by atoms with van der Waals surface area (Å²) in [6, 6.07) is 11.5. The van der Waals surface area contributed by atoms with Gasteiger partial charge >= 0.3 is 0 Å². The van der Waals surface area contributed by atoms with Crippen molar-refractivity contribution in [2.75, 3.05) is 21.3 Å². The number of carbonyl (C=O) groups is 1. The first-order valence-corrected chi connectivity index (χ1v) is 13.1. The summed E-state index contributed by atoms with van der Waals surface area (Å²) >= 11 is 1.63. The van der Waals surface area contributed by atoms with Crippen LogP contribution in [0.2, 0.25) is 0 Å². The molecule has 1 amide bonds. The number of hydrogen-bond donors (Lipinski definition) is 0. The van der Waals surface area contributed by atoms with Crippen LogP contribution >= 0.6 is 11.8 Å². The summed E-state index contributed by atoms with van der Waals surface area (Å²) < 4.78 is 16.3. The number of aliphatic imine (C=N–C) groups is 2. The molecule has 7 nitrogen and oxygen atoms in total. The van der Waals surface area contributed by atoms with Crippen LogP contribution < -0.4 is 14.2 Å². The van der Waals surface area contributed by atoms with Crippen LogP contribution in [-0.4, -0.2) is 49.2 Å². The zero-order valence-electron chi connectivity index (χ0n) is 20.5. The van der Waals surface area contributed by atoms with Crippen molar-refractivity contribution in [1.82, 2.24) is 4.90 Å². The summed E-state index contributed by atoms with van der Waals surface area (Å²) in [5.74, 6) is 3.89. The first-order valence-electron chi connectivity index (χ1n) is 12.1. The van der Waals surface area contributed by atoms with Crippen LogP contribution in [0, 0.1) is 5.92 Å². The number of fused-ring (bicyclic) bond motifs is 3. The molecule has 2 heterocycles. The Hall–Kier alpha value is -3.00. The highest BCUT2D eigenvalue weighted by Crippen LogP contribution is 2.42. The fourth-order valence-electron chi connectivity index (χ4n) is 5.12. The van der Waals surface area contributed by atoms with Gasteiger partial charge in [0, 0.05) is 17.4 Å². The van der Waals surface area contributed by atoms with Gasteiger partial charge in [-0.25, -0.2) is 4.99 Å². The van der Waals surface area contributed by atoms with Crippen LogP contribution in [0.25, 0.3) is 0 Å². The fraction of sp³-hybridized carbons (Fsp3) is 0.444. The van der Waals surface area contributed by atoms with Gasteiger partial charge in [0.15, 0.2) is 16.7 Å². The summed E-state index contributed by atoms with van der Waals surface area (Å²) in [5.41, 5.74) is 2.70. The van der Waals surface area contributed by atoms with E-state index in [4.69, 9.17) is 19.2 Å². The number of methoxy groups -OCH3 is 3. The lowest BCUT2D eigenvalue weighted by Crippen LogP contribution is -2.44. The molecule has 0 aromatic heterocycles. The summed E-state index contributed by atoms with van der Waals surface area (Å²) in [6.45, 7) is 0. The van der Waals surface area contributed by atoms with Crippen molar-refractivity contribution in [3.63, 3.8) is 0 Å². The first kappa shape index (κ1) is 23.7. The Labute approximate surface area is 210 Å². The van der Waals surface area contributed by atoms with Crippen LogP contribution in [-0.2, 0) is 10.5 Å². The van der Waals surface area contributed by atoms with Gasteiger partial charge in [-0.1, -0.05) is 56.0 Å². The Morgan fingerprint density at radius 1 is 0.943 bits per heavy atom. The molecular formula is C27H31N3O4S. The lowest BCUT2D eigenvalue weighted by Gasteiger charge is -2.33. The zero-order chi connectivity index (χ0) is 24.4. The third kappa shape index (κ3) is 4.76. The molecule has 0 unspecified atom stereocenters. The van der Waals surface area contributed by atoms with Gasteiger partial charge in [0.05, 0.1) is 27.0 Å². The average molecular weight is 494 g/mol. The van der Waals surface area contributed by atoms with Gasteiger partial charge in [-0.05, 0) is 36.1 Å². The molecule has 3 aliphatic rings. The molecule has 0 spiro atoms. The number of amidine groups is 2. The molecule has 0 bridgehead atoms. The molecule has 0 saturated heterocycles. The molecule has 1 saturated carbocycles. The second kappa shape index (κ2) is 10.3. The monoisotopic (exact) mass is 493 g/mol. The van der Waals surface area contributed by atoms with Crippen molar-refractivity contribution in [3.8, 4) is 17.2 Å². The number of rotatable bonds is 7. The Bertz CT molecular complexity index is 1160. The molecule has 0 radical (unpaired) electrons. The lowest BCUT2D eigenvalue weighted by molar-refractivity contribution is -0.120. The van der Waals surface area contributed by atoms with Gasteiger partial charge in [-0.3, -0.25) is 9.69 Å². The normalized spacial score (nSPS) is 19.6. The summed E-state index contributed by atoms with van der Waals surface area (Å²) in [6.07, 6.45) is 6.95. The van der Waals surface area contributed by atoms with Crippen LogP contribution in [0.15, 0.2) is 46.4 Å². The number of ether oxygens (including phenoxy) is 3. The van der Waals surface area contributed by atoms with Gasteiger partial charge < -0.3 is 14.2 Å². The van der Waals surface area contributed by atoms with Crippen molar-refractivity contribution < 1.29 is 19.0 Å². The van der Waals surface area contributed by atoms with E-state index < -0.39 is 0 Å². The molecular weight excluding hydrogens is 462 g/mol. The van der Waals surface area contributed by atoms with E-state index in [1.165, 1.54) is 32.1 Å². The predicted molar refractivity (Wildman–Crippen MR) is 139 cm³/mol. The zero-order valence-corrected chi connectivity index (χ0v) is 21.3. The maximum absolute atomic E-state index is 13.2. The molecule has 35 heavy (non-hydrogen) atoms. The third-order valence-corrected chi connectivity index (χ3v) is 8.04. The summed E-state index contributed by atoms with van der Waals surface area (Å²) in [7, 11) is 4.88. The highest BCUT2D eigenvalue weighted by atomic mass is 32.2. The fourth-order valence-corrected chi connectivity index (χ4v) is 6.12. The first-order chi connectivity index (χ1) is 17.1. The molecule has 1 fully saturated rings. The van der Waals surface area contributed by atoms with Crippen LogP contribution in [0.4, 0.5) is 5.69 Å². The van der Waals surface area contributed by atoms with E-state index in [0.29, 0.717) is 23.3 Å². The number of carbonyl (C=O) groups excluding carboxylic acids is 1. The lowest BCUT2D eigenvalue weighted by atomic mass is 9.84. The van der Waals surface area contributed by atoms with E-state index in [2.05, 4.69) is 22.0 Å². The second-order valence-corrected chi connectivity index (χ2v) is 10.1. The highest BCUT2D eigenvalue weighted by molar-refractivity contribution is 8.13. The quantitative estimate of drug-likeness (QED) is 0.502. The summed E-state index contributed by atoms with van der Waals surface area (Å²) in [5, 5.41) is 0.797. The van der Waals surface area contributed by atoms with Gasteiger partial charge in [-0.15, -0.1) is 0 Å². The highest BCUT2D eigenvalue weighted by Gasteiger charge is 2.43. The van der Waals surface area contributed by atoms with Crippen molar-refractivity contribution >= 4 is 34.4 Å². The Kier molecular flexibility index (Phi) is 7.00. The van der Waals surface area contributed by atoms with Crippen LogP contribution in [0.5, 0.6) is 17.2 Å². The van der Waals surface area contributed by atoms with E-state index in [1.54, 1.807) is 33.1 Å². The van der Waals surface area contributed by atoms with E-state index in [-0.39, 0.29) is 11.9 Å². The molecule has 2 aromatic carbocycles. The molecule has 1 aliphatic carbocycles. The largest absolute Gasteiger partial charge is 0.497 e. The van der Waals surface area contributed by atoms with Crippen LogP contribution in [0.1, 0.15) is 49.7 Å². The molecule has 5 rings (SSSR count). The van der Waals surface area contributed by atoms with E-state index >= 15 is 0 Å². The number of hydrogen-bond acceptors (Lipinski definition) is 7. The second-order valence-electron chi connectivity index (χ2n) is 9.15. The molecule has 0 N–H and O–H groups in total. The van der Waals surface area contributed by atoms with Crippen molar-refractivity contribution in [1.29, 1.82) is 0 Å². The number of nitrogens with zero attached hydrogens (tertiary/aromatic N) is 3. The molecule has 184 valence electrons. The van der Waals surface area contributed by atoms with Crippen LogP contribution in [0.3, 0.4) is 0 Å². The van der Waals surface area contributed by atoms with Gasteiger partial charge in [0.25, 0.3) is 5.91 Å². The van der Waals surface area contributed by atoms with Gasteiger partial charge in [0.2, 0.25) is 0 Å². The Morgan fingerprint density at radius 3 is 2.34 bits per heavy atom. The third-order valence-electron chi connectivity index (χ3n) is 7.01. The maximum Gasteiger partial charge on any atom is 0.270 e. The van der Waals surface area contributed by atoms with Crippen molar-refractivity contribution in [2.24, 2.45) is 15.9 Å². The summed E-state index contributed by atoms with van der Waals surface area (Å²) in [4.78, 5) is 24.9. The van der Waals surface area contributed by atoms with Gasteiger partial charge in [0.1, 0.15) is 17.6 Å². The number of benzene rings is 2. The molecule has 8 heteroatoms. The number of thioether (sulfide) groups is 1. The van der Waals surface area contributed by atoms with E-state index in [0.717, 1.165) is 39.9 Å². The Morgan fingerprint density at radius 2 is 1.66 bits per heavy atom. The molecule has 2 aliphatic heterocycles. The van der Waals surface area contributed by atoms with Crippen molar-refractivity contribution in [3.05, 3.63) is 47.5 Å². The van der Waals surface area contributed by atoms with E-state index in [1.807, 2.05) is 24.3 Å². The SMILES string of the molecule is COc1ccc(CSC2=Nc3cc(OC)c(OC)cc3C3=NC(=O)[C@@H](CC4CCCCC4)N23)cc1. The van der Waals surface area contributed by atoms with Gasteiger partial charge in [-0.2, -0.15) is 4.99 Å². The predicted octanol–water partition coefficient (Wildman–Crippen LogP) is 5.57. The minimum absolute atomic E-state index is 0.0778. The maximum atomic E-state index is 13.2. The average Bonchev–Trinajstić information content (AvgIpc) is 3.23. The number of amides is 1. The smallest absolute Gasteiger partial charge is 0.270 e. The molecule has 2 aromatic rings. The molecule has 1 atom stereocenters. The minimum Gasteiger partial charge on any atom is -0.497 e. The van der Waals surface area contributed by atoms with Crippen molar-refractivity contribution in [2.45, 2.75) is 50.3 Å². The minimum atomic E-state index is -0.309.